The molecule has 0 unspecified atom stereocenters. The molecular weight excluding hydrogens is 423 g/mol. The van der Waals surface area contributed by atoms with Crippen LogP contribution in [0.3, 0.4) is 0 Å². The molecule has 2 aromatic carbocycles. The number of carbonyl (C=O) groups is 2. The number of carbonyl (C=O) groups excluding carboxylic acids is 2. The number of nitrogens with zero attached hydrogens (tertiary/aromatic N) is 2. The maximum Gasteiger partial charge on any atom is 0.265 e. The standard InChI is InChI=1S/C22H15FN2O5S/c23-16-7-3-5-14(11-16)21(27)20-22(28)17-8-1-2-9-19(17)31(29,30)25(20)13-18(26)15-6-4-10-24-12-15/h1-12,27H,13H2/b21-20+. The first-order valence-electron chi connectivity index (χ1n) is 9.09. The second-order valence-corrected chi connectivity index (χ2v) is 8.54. The van der Waals surface area contributed by atoms with Crippen molar-refractivity contribution in [3.05, 3.63) is 101 Å². The molecule has 1 N–H and O–H groups in total. The third-order valence-electron chi connectivity index (χ3n) is 4.76. The van der Waals surface area contributed by atoms with Crippen LogP contribution in [0.4, 0.5) is 4.39 Å². The van der Waals surface area contributed by atoms with E-state index in [0.29, 0.717) is 4.31 Å². The summed E-state index contributed by atoms with van der Waals surface area (Å²) >= 11 is 0. The van der Waals surface area contributed by atoms with Gasteiger partial charge >= 0.3 is 0 Å². The Balaban J connectivity index is 1.92. The number of benzene rings is 2. The van der Waals surface area contributed by atoms with Crippen LogP contribution in [0.15, 0.2) is 83.6 Å². The molecule has 0 atom stereocenters. The molecule has 0 radical (unpaired) electrons. The maximum atomic E-state index is 13.7. The summed E-state index contributed by atoms with van der Waals surface area (Å²) in [5.74, 6) is -2.87. The van der Waals surface area contributed by atoms with Crippen molar-refractivity contribution in [3.8, 4) is 0 Å². The normalized spacial score (nSPS) is 16.5. The van der Waals surface area contributed by atoms with Gasteiger partial charge in [0.25, 0.3) is 10.0 Å². The Morgan fingerprint density at radius 1 is 1.03 bits per heavy atom. The molecule has 1 aliphatic heterocycles. The number of ketones is 2. The zero-order valence-corrected chi connectivity index (χ0v) is 16.7. The van der Waals surface area contributed by atoms with Crippen LogP contribution in [0.1, 0.15) is 26.3 Å². The zero-order valence-electron chi connectivity index (χ0n) is 15.9. The number of aromatic nitrogens is 1. The highest BCUT2D eigenvalue weighted by molar-refractivity contribution is 7.89. The lowest BCUT2D eigenvalue weighted by Crippen LogP contribution is -2.42. The fraction of sp³-hybridized carbons (Fsp3) is 0.0455. The fourth-order valence-corrected chi connectivity index (χ4v) is 4.89. The molecule has 1 aliphatic rings. The molecule has 9 heteroatoms. The van der Waals surface area contributed by atoms with Gasteiger partial charge in [0.15, 0.2) is 11.5 Å². The molecule has 0 aliphatic carbocycles. The minimum Gasteiger partial charge on any atom is -0.505 e. The summed E-state index contributed by atoms with van der Waals surface area (Å²) in [6.45, 7) is -0.747. The molecule has 0 fully saturated rings. The van der Waals surface area contributed by atoms with Crippen LogP contribution in [-0.4, -0.2) is 40.9 Å². The number of aliphatic hydroxyl groups excluding tert-OH is 1. The second kappa shape index (κ2) is 7.77. The van der Waals surface area contributed by atoms with E-state index in [1.54, 1.807) is 0 Å². The lowest BCUT2D eigenvalue weighted by Gasteiger charge is -2.31. The summed E-state index contributed by atoms with van der Waals surface area (Å²) < 4.78 is 40.9. The molecular formula is C22H15FN2O5S. The van der Waals surface area contributed by atoms with Crippen molar-refractivity contribution in [3.63, 3.8) is 0 Å². The molecule has 0 amide bonds. The molecule has 3 aromatic rings. The number of halogens is 1. The maximum absolute atomic E-state index is 13.7. The molecule has 1 aromatic heterocycles. The van der Waals surface area contributed by atoms with Gasteiger partial charge in [0, 0.05) is 29.1 Å². The van der Waals surface area contributed by atoms with Crippen LogP contribution >= 0.6 is 0 Å². The predicted octanol–water partition coefficient (Wildman–Crippen LogP) is 3.22. The third-order valence-corrected chi connectivity index (χ3v) is 6.56. The van der Waals surface area contributed by atoms with Crippen LogP contribution in [0.2, 0.25) is 0 Å². The summed E-state index contributed by atoms with van der Waals surface area (Å²) in [5.41, 5.74) is -0.738. The number of Topliss-reactive ketones (excluding diaryl/α,β-unsaturated/α-hetero) is 2. The molecule has 0 saturated heterocycles. The number of allylic oxidation sites excluding steroid dienone is 1. The van der Waals surface area contributed by atoms with E-state index in [1.807, 2.05) is 0 Å². The summed E-state index contributed by atoms with van der Waals surface area (Å²) in [6, 6.07) is 13.2. The SMILES string of the molecule is O=C(CN1/C(=C(/O)c2cccc(F)c2)C(=O)c2ccccc2S1(=O)=O)c1cccnc1. The van der Waals surface area contributed by atoms with E-state index in [2.05, 4.69) is 4.98 Å². The number of hydrogen-bond acceptors (Lipinski definition) is 6. The van der Waals surface area contributed by atoms with Crippen LogP contribution in [0.5, 0.6) is 0 Å². The summed E-state index contributed by atoms with van der Waals surface area (Å²) in [5, 5.41) is 10.8. The smallest absolute Gasteiger partial charge is 0.265 e. The Morgan fingerprint density at radius 3 is 2.48 bits per heavy atom. The van der Waals surface area contributed by atoms with Crippen molar-refractivity contribution >= 4 is 27.3 Å². The van der Waals surface area contributed by atoms with Gasteiger partial charge in [-0.25, -0.2) is 12.8 Å². The first kappa shape index (κ1) is 20.4. The van der Waals surface area contributed by atoms with E-state index < -0.39 is 45.4 Å². The van der Waals surface area contributed by atoms with Crippen molar-refractivity contribution in [2.75, 3.05) is 6.54 Å². The van der Waals surface area contributed by atoms with Crippen LogP contribution < -0.4 is 0 Å². The van der Waals surface area contributed by atoms with Crippen molar-refractivity contribution < 1.29 is 27.5 Å². The van der Waals surface area contributed by atoms with E-state index >= 15 is 0 Å². The van der Waals surface area contributed by atoms with Gasteiger partial charge in [-0.05, 0) is 36.4 Å². The summed E-state index contributed by atoms with van der Waals surface area (Å²) in [6.07, 6.45) is 2.72. The van der Waals surface area contributed by atoms with E-state index in [9.17, 15) is 27.5 Å². The van der Waals surface area contributed by atoms with Gasteiger partial charge in [0.05, 0.1) is 11.4 Å². The summed E-state index contributed by atoms with van der Waals surface area (Å²) in [7, 11) is -4.37. The van der Waals surface area contributed by atoms with E-state index in [1.165, 1.54) is 60.9 Å². The Hall–Kier alpha value is -3.85. The minimum atomic E-state index is -4.37. The molecule has 2 heterocycles. The highest BCUT2D eigenvalue weighted by atomic mass is 32.2. The van der Waals surface area contributed by atoms with Crippen molar-refractivity contribution in [2.24, 2.45) is 0 Å². The Labute approximate surface area is 177 Å². The van der Waals surface area contributed by atoms with E-state index in [4.69, 9.17) is 0 Å². The minimum absolute atomic E-state index is 0.100. The predicted molar refractivity (Wildman–Crippen MR) is 109 cm³/mol. The van der Waals surface area contributed by atoms with Gasteiger partial charge < -0.3 is 5.11 Å². The number of hydrogen-bond donors (Lipinski definition) is 1. The quantitative estimate of drug-likeness (QED) is 0.381. The molecule has 7 nitrogen and oxygen atoms in total. The van der Waals surface area contributed by atoms with Gasteiger partial charge in [-0.1, -0.05) is 24.3 Å². The van der Waals surface area contributed by atoms with Crippen LogP contribution in [0, 0.1) is 5.82 Å². The first-order chi connectivity index (χ1) is 14.8. The van der Waals surface area contributed by atoms with Crippen molar-refractivity contribution in [1.29, 1.82) is 0 Å². The zero-order chi connectivity index (χ0) is 22.2. The largest absolute Gasteiger partial charge is 0.505 e. The fourth-order valence-electron chi connectivity index (χ4n) is 3.27. The Morgan fingerprint density at radius 2 is 1.77 bits per heavy atom. The van der Waals surface area contributed by atoms with Gasteiger partial charge in [-0.3, -0.25) is 18.9 Å². The lowest BCUT2D eigenvalue weighted by molar-refractivity contribution is 0.0952. The number of sulfonamides is 1. The van der Waals surface area contributed by atoms with Crippen molar-refractivity contribution in [2.45, 2.75) is 4.90 Å². The molecule has 0 saturated carbocycles. The Kier molecular flexibility index (Phi) is 5.12. The van der Waals surface area contributed by atoms with Crippen LogP contribution in [0.25, 0.3) is 5.76 Å². The molecule has 0 bridgehead atoms. The van der Waals surface area contributed by atoms with Crippen LogP contribution in [-0.2, 0) is 10.0 Å². The monoisotopic (exact) mass is 438 g/mol. The highest BCUT2D eigenvalue weighted by Crippen LogP contribution is 2.35. The molecule has 31 heavy (non-hydrogen) atoms. The molecule has 0 spiro atoms. The topological polar surface area (TPSA) is 105 Å². The average molecular weight is 438 g/mol. The molecule has 4 rings (SSSR count). The second-order valence-electron chi connectivity index (χ2n) is 6.71. The number of aliphatic hydroxyl groups is 1. The van der Waals surface area contributed by atoms with E-state index in [-0.39, 0.29) is 21.6 Å². The summed E-state index contributed by atoms with van der Waals surface area (Å²) in [4.78, 5) is 29.5. The lowest BCUT2D eigenvalue weighted by atomic mass is 10.0. The highest BCUT2D eigenvalue weighted by Gasteiger charge is 2.42. The number of rotatable bonds is 4. The van der Waals surface area contributed by atoms with E-state index in [0.717, 1.165) is 12.1 Å². The number of fused-ring (bicyclic) bond motifs is 1. The number of pyridine rings is 1. The van der Waals surface area contributed by atoms with Gasteiger partial charge in [-0.2, -0.15) is 0 Å². The first-order valence-corrected chi connectivity index (χ1v) is 10.5. The molecule has 156 valence electrons. The average Bonchev–Trinajstić information content (AvgIpc) is 2.78. The van der Waals surface area contributed by atoms with Gasteiger partial charge in [-0.15, -0.1) is 0 Å². The third kappa shape index (κ3) is 3.59. The Bertz CT molecular complexity index is 1340. The van der Waals surface area contributed by atoms with Gasteiger partial charge in [0.1, 0.15) is 11.5 Å². The van der Waals surface area contributed by atoms with Gasteiger partial charge in [0.2, 0.25) is 5.78 Å². The van der Waals surface area contributed by atoms with Crippen molar-refractivity contribution in [1.82, 2.24) is 9.29 Å².